The molecule has 1 heterocycles. The first kappa shape index (κ1) is 14.2. The minimum absolute atomic E-state index is 0.246. The predicted octanol–water partition coefficient (Wildman–Crippen LogP) is 5.83. The van der Waals surface area contributed by atoms with Gasteiger partial charge < -0.3 is 4.57 Å². The number of aryl methyl sites for hydroxylation is 1. The summed E-state index contributed by atoms with van der Waals surface area (Å²) in [5, 5.41) is 1.39. The average molecular weight is 279 g/mol. The van der Waals surface area contributed by atoms with E-state index in [0.29, 0.717) is 0 Å². The highest BCUT2D eigenvalue weighted by atomic mass is 15.0. The molecule has 1 nitrogen and oxygen atoms in total. The van der Waals surface area contributed by atoms with Crippen LogP contribution in [0.25, 0.3) is 16.6 Å². The molecule has 0 spiro atoms. The van der Waals surface area contributed by atoms with Crippen molar-refractivity contribution in [3.05, 3.63) is 53.8 Å². The number of hydrogen-bond acceptors (Lipinski definition) is 0. The lowest BCUT2D eigenvalue weighted by Crippen LogP contribution is -2.15. The number of allylic oxidation sites excluding steroid dienone is 4. The van der Waals surface area contributed by atoms with E-state index in [9.17, 15) is 0 Å². The Kier molecular flexibility index (Phi) is 3.52. The summed E-state index contributed by atoms with van der Waals surface area (Å²) in [6.07, 6.45) is 12.4. The van der Waals surface area contributed by atoms with Crippen LogP contribution in [0.2, 0.25) is 0 Å². The lowest BCUT2D eigenvalue weighted by molar-refractivity contribution is 0.507. The predicted molar refractivity (Wildman–Crippen MR) is 92.6 cm³/mol. The molecular weight excluding hydrogens is 254 g/mol. The number of rotatable bonds is 3. The van der Waals surface area contributed by atoms with E-state index in [4.69, 9.17) is 0 Å². The van der Waals surface area contributed by atoms with Gasteiger partial charge >= 0.3 is 0 Å². The smallest absolute Gasteiger partial charge is 0.0528 e. The molecule has 1 aromatic carbocycles. The van der Waals surface area contributed by atoms with E-state index < -0.39 is 0 Å². The zero-order chi connectivity index (χ0) is 15.0. The minimum Gasteiger partial charge on any atom is -0.320 e. The Balaban J connectivity index is 2.14. The molecule has 110 valence electrons. The van der Waals surface area contributed by atoms with Gasteiger partial charge in [-0.2, -0.15) is 0 Å². The lowest BCUT2D eigenvalue weighted by atomic mass is 9.82. The van der Waals surface area contributed by atoms with Gasteiger partial charge in [0.2, 0.25) is 0 Å². The van der Waals surface area contributed by atoms with Crippen LogP contribution in [0.5, 0.6) is 0 Å². The second kappa shape index (κ2) is 5.22. The fourth-order valence-corrected chi connectivity index (χ4v) is 3.05. The molecule has 0 radical (unpaired) electrons. The van der Waals surface area contributed by atoms with Gasteiger partial charge in [0.15, 0.2) is 0 Å². The van der Waals surface area contributed by atoms with Gasteiger partial charge in [-0.15, -0.1) is 0 Å². The van der Waals surface area contributed by atoms with Crippen molar-refractivity contribution in [2.75, 3.05) is 0 Å². The van der Waals surface area contributed by atoms with Gasteiger partial charge in [-0.3, -0.25) is 0 Å². The number of benzene rings is 1. The first-order chi connectivity index (χ1) is 10.0. The van der Waals surface area contributed by atoms with Crippen molar-refractivity contribution in [1.82, 2.24) is 4.57 Å². The quantitative estimate of drug-likeness (QED) is 0.666. The van der Waals surface area contributed by atoms with Crippen LogP contribution in [0.4, 0.5) is 0 Å². The molecule has 0 N–H and O–H groups in total. The molecule has 1 aliphatic rings. The van der Waals surface area contributed by atoms with Gasteiger partial charge in [-0.25, -0.2) is 0 Å². The van der Waals surface area contributed by atoms with E-state index in [-0.39, 0.29) is 5.41 Å². The number of aromatic nitrogens is 1. The van der Waals surface area contributed by atoms with E-state index in [2.05, 4.69) is 74.9 Å². The Hall–Kier alpha value is -1.76. The number of hydrogen-bond donors (Lipinski definition) is 0. The lowest BCUT2D eigenvalue weighted by Gasteiger charge is -2.23. The third-order valence-corrected chi connectivity index (χ3v) is 4.97. The highest BCUT2D eigenvalue weighted by Gasteiger charge is 2.19. The van der Waals surface area contributed by atoms with Crippen molar-refractivity contribution in [3.63, 3.8) is 0 Å². The van der Waals surface area contributed by atoms with Crippen LogP contribution in [0, 0.1) is 6.92 Å². The van der Waals surface area contributed by atoms with Crippen molar-refractivity contribution < 1.29 is 0 Å². The molecule has 0 bridgehead atoms. The van der Waals surface area contributed by atoms with Crippen molar-refractivity contribution in [2.45, 2.75) is 52.4 Å². The third-order valence-electron chi connectivity index (χ3n) is 4.97. The van der Waals surface area contributed by atoms with Crippen molar-refractivity contribution in [1.29, 1.82) is 0 Å². The maximum absolute atomic E-state index is 2.39. The summed E-state index contributed by atoms with van der Waals surface area (Å²) in [5.41, 5.74) is 5.79. The van der Waals surface area contributed by atoms with E-state index in [1.54, 1.807) is 0 Å². The van der Waals surface area contributed by atoms with Gasteiger partial charge in [-0.1, -0.05) is 39.0 Å². The van der Waals surface area contributed by atoms with Gasteiger partial charge in [0.1, 0.15) is 0 Å². The largest absolute Gasteiger partial charge is 0.320 e. The van der Waals surface area contributed by atoms with E-state index >= 15 is 0 Å². The molecule has 0 atom stereocenters. The Bertz CT molecular complexity index is 726. The Morgan fingerprint density at radius 3 is 2.71 bits per heavy atom. The standard InChI is InChI=1S/C20H25N/c1-5-20(3,4)16-11-12-19-18(13-16)15(2)14-21(19)17-9-7-6-8-10-17/h6-7,9,11-14H,5,8,10H2,1-4H3. The molecule has 0 unspecified atom stereocenters. The Morgan fingerprint density at radius 1 is 1.24 bits per heavy atom. The van der Waals surface area contributed by atoms with Crippen LogP contribution in [-0.2, 0) is 5.41 Å². The first-order valence-electron chi connectivity index (χ1n) is 8.01. The third kappa shape index (κ3) is 2.46. The molecule has 0 fully saturated rings. The molecule has 0 saturated heterocycles. The van der Waals surface area contributed by atoms with E-state index in [0.717, 1.165) is 19.3 Å². The van der Waals surface area contributed by atoms with Crippen LogP contribution >= 0.6 is 0 Å². The summed E-state index contributed by atoms with van der Waals surface area (Å²) in [6.45, 7) is 9.14. The molecular formula is C20H25N. The fraction of sp³-hybridized carbons (Fsp3) is 0.400. The second-order valence-corrected chi connectivity index (χ2v) is 6.78. The summed E-state index contributed by atoms with van der Waals surface area (Å²) in [5.74, 6) is 0. The van der Waals surface area contributed by atoms with Gasteiger partial charge in [0.05, 0.1) is 5.52 Å². The van der Waals surface area contributed by atoms with Gasteiger partial charge in [0.25, 0.3) is 0 Å². The summed E-state index contributed by atoms with van der Waals surface area (Å²) >= 11 is 0. The molecule has 0 saturated carbocycles. The Morgan fingerprint density at radius 2 is 2.05 bits per heavy atom. The maximum atomic E-state index is 2.39. The van der Waals surface area contributed by atoms with Gasteiger partial charge in [0, 0.05) is 17.3 Å². The van der Waals surface area contributed by atoms with Crippen molar-refractivity contribution >= 4 is 16.6 Å². The first-order valence-corrected chi connectivity index (χ1v) is 8.01. The van der Waals surface area contributed by atoms with Crippen LogP contribution < -0.4 is 0 Å². The molecule has 3 rings (SSSR count). The van der Waals surface area contributed by atoms with Crippen LogP contribution in [0.3, 0.4) is 0 Å². The number of nitrogens with zero attached hydrogens (tertiary/aromatic N) is 1. The molecule has 1 aromatic heterocycles. The molecule has 0 aliphatic heterocycles. The molecule has 21 heavy (non-hydrogen) atoms. The summed E-state index contributed by atoms with van der Waals surface area (Å²) in [6, 6.07) is 7.00. The van der Waals surface area contributed by atoms with E-state index in [1.165, 1.54) is 27.7 Å². The average Bonchev–Trinajstić information content (AvgIpc) is 2.85. The summed E-state index contributed by atoms with van der Waals surface area (Å²) in [7, 11) is 0. The number of fused-ring (bicyclic) bond motifs is 1. The fourth-order valence-electron chi connectivity index (χ4n) is 3.05. The summed E-state index contributed by atoms with van der Waals surface area (Å²) in [4.78, 5) is 0. The monoisotopic (exact) mass is 279 g/mol. The molecule has 1 heteroatoms. The highest BCUT2D eigenvalue weighted by Crippen LogP contribution is 2.33. The van der Waals surface area contributed by atoms with Crippen molar-refractivity contribution in [3.8, 4) is 0 Å². The molecule has 0 amide bonds. The topological polar surface area (TPSA) is 4.93 Å². The molecule has 1 aliphatic carbocycles. The minimum atomic E-state index is 0.246. The maximum Gasteiger partial charge on any atom is 0.0528 e. The Labute approximate surface area is 128 Å². The van der Waals surface area contributed by atoms with E-state index in [1.807, 2.05) is 0 Å². The van der Waals surface area contributed by atoms with Crippen LogP contribution in [-0.4, -0.2) is 4.57 Å². The zero-order valence-electron chi connectivity index (χ0n) is 13.6. The van der Waals surface area contributed by atoms with Crippen LogP contribution in [0.1, 0.15) is 51.2 Å². The zero-order valence-corrected chi connectivity index (χ0v) is 13.6. The highest BCUT2D eigenvalue weighted by molar-refractivity contribution is 5.87. The second-order valence-electron chi connectivity index (χ2n) is 6.78. The summed E-state index contributed by atoms with van der Waals surface area (Å²) < 4.78 is 2.37. The molecule has 2 aromatic rings. The van der Waals surface area contributed by atoms with Gasteiger partial charge in [-0.05, 0) is 60.9 Å². The SMILES string of the molecule is CCC(C)(C)c1ccc2c(c1)c(C)cn2C1=CC=CCC1. The van der Waals surface area contributed by atoms with Crippen LogP contribution in [0.15, 0.2) is 42.6 Å². The van der Waals surface area contributed by atoms with Crippen molar-refractivity contribution in [2.24, 2.45) is 0 Å². The normalized spacial score (nSPS) is 15.5.